The summed E-state index contributed by atoms with van der Waals surface area (Å²) in [5.74, 6) is -0.409. The van der Waals surface area contributed by atoms with Crippen LogP contribution < -0.4 is 27.7 Å². The lowest BCUT2D eigenvalue weighted by atomic mass is 10.1. The van der Waals surface area contributed by atoms with E-state index in [9.17, 15) is 4.79 Å². The van der Waals surface area contributed by atoms with Crippen molar-refractivity contribution in [2.24, 2.45) is 32.9 Å². The number of carbonyl (C=O) groups is 1. The van der Waals surface area contributed by atoms with E-state index in [1.165, 1.54) is 0 Å². The zero-order valence-corrected chi connectivity index (χ0v) is 15.3. The number of esters is 1. The minimum absolute atomic E-state index is 0.00441. The number of fused-ring (bicyclic) bond motifs is 1. The first kappa shape index (κ1) is 19.4. The van der Waals surface area contributed by atoms with Crippen LogP contribution in [0.1, 0.15) is 15.9 Å². The Morgan fingerprint density at radius 1 is 0.828 bits per heavy atom. The third kappa shape index (κ3) is 4.86. The van der Waals surface area contributed by atoms with E-state index in [0.29, 0.717) is 22.6 Å². The first-order valence-corrected chi connectivity index (χ1v) is 8.46. The number of nitrogen functional groups attached to an aromatic ring is 1. The summed E-state index contributed by atoms with van der Waals surface area (Å²) >= 11 is 0. The molecule has 9 N–H and O–H groups in total. The topological polar surface area (TPSA) is 179 Å². The average molecular weight is 389 g/mol. The Balaban J connectivity index is 1.75. The van der Waals surface area contributed by atoms with E-state index in [-0.39, 0.29) is 17.8 Å². The maximum atomic E-state index is 12.4. The Bertz CT molecular complexity index is 1150. The molecule has 0 unspecified atom stereocenters. The normalized spacial score (nSPS) is 11.1. The highest BCUT2D eigenvalue weighted by atomic mass is 16.5. The van der Waals surface area contributed by atoms with Crippen LogP contribution in [0.3, 0.4) is 0 Å². The number of ether oxygens (including phenoxy) is 1. The van der Waals surface area contributed by atoms with Crippen molar-refractivity contribution in [3.8, 4) is 5.75 Å². The Morgan fingerprint density at radius 3 is 2.10 bits per heavy atom. The van der Waals surface area contributed by atoms with Gasteiger partial charge in [-0.15, -0.1) is 0 Å². The van der Waals surface area contributed by atoms with E-state index in [1.54, 1.807) is 54.6 Å². The second kappa shape index (κ2) is 8.09. The Labute approximate surface area is 166 Å². The molecule has 0 aromatic heterocycles. The van der Waals surface area contributed by atoms with Crippen molar-refractivity contribution in [1.82, 2.24) is 0 Å². The summed E-state index contributed by atoms with van der Waals surface area (Å²) in [6.07, 6.45) is 0. The molecule has 0 atom stereocenters. The monoisotopic (exact) mass is 389 g/mol. The lowest BCUT2D eigenvalue weighted by Crippen LogP contribution is -2.26. The summed E-state index contributed by atoms with van der Waals surface area (Å²) in [6.45, 7) is 0. The fourth-order valence-electron chi connectivity index (χ4n) is 2.58. The van der Waals surface area contributed by atoms with E-state index >= 15 is 0 Å². The lowest BCUT2D eigenvalue weighted by molar-refractivity contribution is 0.0735. The molecule has 3 aromatic rings. The van der Waals surface area contributed by atoms with Gasteiger partial charge in [0.1, 0.15) is 11.6 Å². The van der Waals surface area contributed by atoms with Gasteiger partial charge in [-0.3, -0.25) is 5.41 Å². The molecule has 3 rings (SSSR count). The molecule has 146 valence electrons. The van der Waals surface area contributed by atoms with Gasteiger partial charge < -0.3 is 27.7 Å². The number of benzene rings is 3. The molecular formula is C20H19N7O2. The van der Waals surface area contributed by atoms with Crippen molar-refractivity contribution in [3.63, 3.8) is 0 Å². The minimum Gasteiger partial charge on any atom is -0.423 e. The predicted octanol–water partition coefficient (Wildman–Crippen LogP) is 1.56. The Kier molecular flexibility index (Phi) is 5.40. The molecule has 0 radical (unpaired) electrons. The lowest BCUT2D eigenvalue weighted by Gasteiger charge is -2.07. The van der Waals surface area contributed by atoms with Crippen LogP contribution in [0, 0.1) is 5.41 Å². The predicted molar refractivity (Wildman–Crippen MR) is 113 cm³/mol. The standard InChI is InChI=1S/C20H19N7O2/c21-17(22)14-2-1-13-10-16(8-5-12(13)9-14)29-18(28)11-3-6-15(7-4-11)26-20(25)27-19(23)24/h1-10H,(H3,21,22)(H6,23,24,25,26,27). The van der Waals surface area contributed by atoms with E-state index < -0.39 is 5.97 Å². The van der Waals surface area contributed by atoms with Gasteiger partial charge in [0.05, 0.1) is 11.3 Å². The summed E-state index contributed by atoms with van der Waals surface area (Å²) in [5.41, 5.74) is 23.0. The number of aliphatic imine (C=N–C) groups is 2. The zero-order chi connectivity index (χ0) is 21.0. The van der Waals surface area contributed by atoms with Crippen LogP contribution in [0.5, 0.6) is 5.75 Å². The number of rotatable bonds is 4. The summed E-state index contributed by atoms with van der Waals surface area (Å²) in [7, 11) is 0. The number of nitrogens with one attached hydrogen (secondary N) is 1. The number of carbonyl (C=O) groups excluding carboxylic acids is 1. The molecule has 29 heavy (non-hydrogen) atoms. The van der Waals surface area contributed by atoms with Crippen LogP contribution in [0.25, 0.3) is 10.8 Å². The molecule has 9 heteroatoms. The molecule has 0 amide bonds. The van der Waals surface area contributed by atoms with Crippen LogP contribution in [0.2, 0.25) is 0 Å². The number of nitrogens with two attached hydrogens (primary N) is 4. The molecule has 0 heterocycles. The van der Waals surface area contributed by atoms with Crippen molar-refractivity contribution in [3.05, 3.63) is 71.8 Å². The molecule has 0 spiro atoms. The number of nitrogens with zero attached hydrogens (tertiary/aromatic N) is 2. The van der Waals surface area contributed by atoms with Crippen LogP contribution in [-0.4, -0.2) is 23.7 Å². The average Bonchev–Trinajstić information content (AvgIpc) is 2.67. The van der Waals surface area contributed by atoms with Crippen molar-refractivity contribution in [1.29, 1.82) is 5.41 Å². The second-order valence-electron chi connectivity index (χ2n) is 6.08. The Morgan fingerprint density at radius 2 is 1.45 bits per heavy atom. The largest absolute Gasteiger partial charge is 0.423 e. The van der Waals surface area contributed by atoms with Gasteiger partial charge in [-0.05, 0) is 53.2 Å². The number of hydrogen-bond donors (Lipinski definition) is 5. The van der Waals surface area contributed by atoms with Crippen LogP contribution in [-0.2, 0) is 0 Å². The fraction of sp³-hybridized carbons (Fsp3) is 0. The molecule has 0 aliphatic heterocycles. The van der Waals surface area contributed by atoms with Gasteiger partial charge in [0.15, 0.2) is 5.96 Å². The third-order valence-electron chi connectivity index (χ3n) is 3.92. The number of guanidine groups is 2. The van der Waals surface area contributed by atoms with Gasteiger partial charge in [0.2, 0.25) is 5.96 Å². The maximum absolute atomic E-state index is 12.4. The van der Waals surface area contributed by atoms with Gasteiger partial charge in [0, 0.05) is 5.56 Å². The summed E-state index contributed by atoms with van der Waals surface area (Å²) in [4.78, 5) is 20.0. The molecular weight excluding hydrogens is 370 g/mol. The fourth-order valence-corrected chi connectivity index (χ4v) is 2.58. The second-order valence-corrected chi connectivity index (χ2v) is 6.08. The first-order chi connectivity index (χ1) is 13.8. The zero-order valence-electron chi connectivity index (χ0n) is 15.3. The highest BCUT2D eigenvalue weighted by Gasteiger charge is 2.09. The van der Waals surface area contributed by atoms with Crippen LogP contribution in [0.15, 0.2) is 70.6 Å². The van der Waals surface area contributed by atoms with Crippen LogP contribution in [0.4, 0.5) is 5.69 Å². The molecule has 0 saturated heterocycles. The van der Waals surface area contributed by atoms with Gasteiger partial charge in [-0.25, -0.2) is 9.79 Å². The van der Waals surface area contributed by atoms with Gasteiger partial charge in [-0.2, -0.15) is 4.99 Å². The van der Waals surface area contributed by atoms with Crippen molar-refractivity contribution in [2.75, 3.05) is 0 Å². The van der Waals surface area contributed by atoms with Gasteiger partial charge >= 0.3 is 5.97 Å². The summed E-state index contributed by atoms with van der Waals surface area (Å²) in [5, 5.41) is 9.25. The maximum Gasteiger partial charge on any atom is 0.343 e. The highest BCUT2D eigenvalue weighted by Crippen LogP contribution is 2.23. The molecule has 0 aliphatic carbocycles. The van der Waals surface area contributed by atoms with E-state index in [1.807, 2.05) is 6.07 Å². The number of amidine groups is 1. The highest BCUT2D eigenvalue weighted by molar-refractivity contribution is 5.99. The molecule has 3 aromatic carbocycles. The number of hydrogen-bond acceptors (Lipinski definition) is 4. The van der Waals surface area contributed by atoms with E-state index in [0.717, 1.165) is 10.8 Å². The quantitative estimate of drug-likeness (QED) is 0.195. The SMILES string of the molecule is N=C(N)c1ccc2cc(OC(=O)c3ccc(N=C(N)N=C(N)N)cc3)ccc2c1. The molecule has 0 bridgehead atoms. The third-order valence-corrected chi connectivity index (χ3v) is 3.92. The summed E-state index contributed by atoms with van der Waals surface area (Å²) < 4.78 is 5.44. The molecule has 9 nitrogen and oxygen atoms in total. The van der Waals surface area contributed by atoms with Gasteiger partial charge in [-0.1, -0.05) is 18.2 Å². The molecule has 0 aliphatic rings. The Hall–Kier alpha value is -4.40. The smallest absolute Gasteiger partial charge is 0.343 e. The molecule has 0 saturated carbocycles. The van der Waals surface area contributed by atoms with Crippen LogP contribution >= 0.6 is 0 Å². The first-order valence-electron chi connectivity index (χ1n) is 8.46. The van der Waals surface area contributed by atoms with Crippen molar-refractivity contribution < 1.29 is 9.53 Å². The van der Waals surface area contributed by atoms with E-state index in [4.69, 9.17) is 33.1 Å². The van der Waals surface area contributed by atoms with E-state index in [2.05, 4.69) is 9.98 Å². The molecule has 0 fully saturated rings. The summed E-state index contributed by atoms with van der Waals surface area (Å²) in [6, 6.07) is 16.9. The minimum atomic E-state index is -0.516. The van der Waals surface area contributed by atoms with Crippen molar-refractivity contribution >= 4 is 40.2 Å². The van der Waals surface area contributed by atoms with Gasteiger partial charge in [0.25, 0.3) is 0 Å². The van der Waals surface area contributed by atoms with Crippen molar-refractivity contribution in [2.45, 2.75) is 0 Å².